The Morgan fingerprint density at radius 1 is 1.38 bits per heavy atom. The zero-order valence-electron chi connectivity index (χ0n) is 12.0. The summed E-state index contributed by atoms with van der Waals surface area (Å²) in [6.07, 6.45) is -0.250. The third-order valence-electron chi connectivity index (χ3n) is 2.48. The first-order valence-corrected chi connectivity index (χ1v) is 8.66. The van der Waals surface area contributed by atoms with Crippen molar-refractivity contribution in [2.24, 2.45) is 0 Å². The third kappa shape index (κ3) is 5.01. The molecule has 1 rings (SSSR count). The van der Waals surface area contributed by atoms with E-state index in [1.807, 2.05) is 0 Å². The lowest BCUT2D eigenvalue weighted by Gasteiger charge is -2.09. The molecule has 0 unspecified atom stereocenters. The zero-order valence-corrected chi connectivity index (χ0v) is 13.6. The molecule has 118 valence electrons. The third-order valence-corrected chi connectivity index (χ3v) is 4.82. The number of aryl methyl sites for hydroxylation is 1. The number of rotatable bonds is 7. The molecule has 0 bridgehead atoms. The summed E-state index contributed by atoms with van der Waals surface area (Å²) >= 11 is 1.09. The molecule has 0 aliphatic heterocycles. The molecule has 0 aromatic carbocycles. The van der Waals surface area contributed by atoms with Crippen LogP contribution in [0.15, 0.2) is 5.38 Å². The fraction of sp³-hybridized carbons (Fsp3) is 0.500. The molecule has 7 nitrogen and oxygen atoms in total. The predicted molar refractivity (Wildman–Crippen MR) is 79.1 cm³/mol. The standard InChI is InChI=1S/C12H17NO6S2/c1-4-19-9(14)5-6-21(16,17)13-10-8(2)7-20-11(10)12(15)18-3/h7,13H,4-6H2,1-3H3. The van der Waals surface area contributed by atoms with Crippen LogP contribution in [-0.4, -0.2) is 39.8 Å². The molecule has 0 atom stereocenters. The van der Waals surface area contributed by atoms with E-state index in [0.717, 1.165) is 11.3 Å². The van der Waals surface area contributed by atoms with Crippen molar-refractivity contribution in [3.63, 3.8) is 0 Å². The Bertz CT molecular complexity index is 620. The highest BCUT2D eigenvalue weighted by atomic mass is 32.2. The molecule has 0 aliphatic rings. The van der Waals surface area contributed by atoms with Crippen molar-refractivity contribution in [3.05, 3.63) is 15.8 Å². The van der Waals surface area contributed by atoms with Gasteiger partial charge in [-0.15, -0.1) is 11.3 Å². The predicted octanol–water partition coefficient (Wildman–Crippen LogP) is 1.54. The van der Waals surface area contributed by atoms with Crippen molar-refractivity contribution in [1.29, 1.82) is 0 Å². The van der Waals surface area contributed by atoms with Gasteiger partial charge in [-0.2, -0.15) is 0 Å². The number of thiophene rings is 1. The molecule has 0 saturated carbocycles. The SMILES string of the molecule is CCOC(=O)CCS(=O)(=O)Nc1c(C)csc1C(=O)OC. The number of hydrogen-bond donors (Lipinski definition) is 1. The Morgan fingerprint density at radius 3 is 2.62 bits per heavy atom. The highest BCUT2D eigenvalue weighted by molar-refractivity contribution is 7.92. The first kappa shape index (κ1) is 17.4. The van der Waals surface area contributed by atoms with Crippen molar-refractivity contribution in [2.75, 3.05) is 24.2 Å². The molecule has 21 heavy (non-hydrogen) atoms. The molecule has 1 aromatic heterocycles. The van der Waals surface area contributed by atoms with Gasteiger partial charge in [-0.3, -0.25) is 9.52 Å². The normalized spacial score (nSPS) is 11.0. The molecular weight excluding hydrogens is 318 g/mol. The van der Waals surface area contributed by atoms with Gasteiger partial charge in [0.1, 0.15) is 4.88 Å². The molecule has 0 aliphatic carbocycles. The Hall–Kier alpha value is -1.61. The average Bonchev–Trinajstić information content (AvgIpc) is 2.77. The minimum absolute atomic E-state index is 0.176. The van der Waals surface area contributed by atoms with Gasteiger partial charge in [0.25, 0.3) is 0 Å². The van der Waals surface area contributed by atoms with Crippen molar-refractivity contribution in [1.82, 2.24) is 0 Å². The number of sulfonamides is 1. The van der Waals surface area contributed by atoms with Gasteiger partial charge < -0.3 is 9.47 Å². The van der Waals surface area contributed by atoms with E-state index in [0.29, 0.717) is 5.56 Å². The maximum atomic E-state index is 12.0. The molecule has 0 radical (unpaired) electrons. The highest BCUT2D eigenvalue weighted by Gasteiger charge is 2.22. The molecule has 9 heteroatoms. The first-order chi connectivity index (χ1) is 9.80. The van der Waals surface area contributed by atoms with Crippen LogP contribution in [0.25, 0.3) is 0 Å². The topological polar surface area (TPSA) is 98.8 Å². The summed E-state index contributed by atoms with van der Waals surface area (Å²) in [5.74, 6) is -1.61. The second-order valence-electron chi connectivity index (χ2n) is 4.09. The number of nitrogens with one attached hydrogen (secondary N) is 1. The Morgan fingerprint density at radius 2 is 2.05 bits per heavy atom. The van der Waals surface area contributed by atoms with Gasteiger partial charge in [0.2, 0.25) is 10.0 Å². The fourth-order valence-electron chi connectivity index (χ4n) is 1.47. The fourth-order valence-corrected chi connectivity index (χ4v) is 3.57. The minimum atomic E-state index is -3.76. The van der Waals surface area contributed by atoms with Crippen molar-refractivity contribution >= 4 is 39.0 Å². The second kappa shape index (κ2) is 7.41. The summed E-state index contributed by atoms with van der Waals surface area (Å²) in [6.45, 7) is 3.51. The highest BCUT2D eigenvalue weighted by Crippen LogP contribution is 2.29. The largest absolute Gasteiger partial charge is 0.466 e. The maximum Gasteiger partial charge on any atom is 0.350 e. The first-order valence-electron chi connectivity index (χ1n) is 6.13. The van der Waals surface area contributed by atoms with E-state index in [9.17, 15) is 18.0 Å². The van der Waals surface area contributed by atoms with E-state index in [4.69, 9.17) is 0 Å². The number of hydrogen-bond acceptors (Lipinski definition) is 7. The van der Waals surface area contributed by atoms with Crippen LogP contribution in [0.4, 0.5) is 5.69 Å². The number of carbonyl (C=O) groups excluding carboxylic acids is 2. The van der Waals surface area contributed by atoms with E-state index in [2.05, 4.69) is 14.2 Å². The summed E-state index contributed by atoms with van der Waals surface area (Å²) in [6, 6.07) is 0. The smallest absolute Gasteiger partial charge is 0.350 e. The van der Waals surface area contributed by atoms with Gasteiger partial charge in [-0.25, -0.2) is 13.2 Å². The van der Waals surface area contributed by atoms with Gasteiger partial charge in [-0.05, 0) is 24.8 Å². The summed E-state index contributed by atoms with van der Waals surface area (Å²) in [7, 11) is -2.54. The molecule has 1 N–H and O–H groups in total. The van der Waals surface area contributed by atoms with E-state index in [1.165, 1.54) is 7.11 Å². The van der Waals surface area contributed by atoms with Gasteiger partial charge >= 0.3 is 11.9 Å². The van der Waals surface area contributed by atoms with E-state index < -0.39 is 27.7 Å². The summed E-state index contributed by atoms with van der Waals surface area (Å²) in [4.78, 5) is 22.9. The Kier molecular flexibility index (Phi) is 6.16. The van der Waals surface area contributed by atoms with Crippen molar-refractivity contribution in [3.8, 4) is 0 Å². The molecular formula is C12H17NO6S2. The van der Waals surface area contributed by atoms with Crippen LogP contribution in [0.2, 0.25) is 0 Å². The molecule has 1 aromatic rings. The summed E-state index contributed by atoms with van der Waals surface area (Å²) < 4.78 is 35.5. The number of methoxy groups -OCH3 is 1. The number of esters is 2. The van der Waals surface area contributed by atoms with Crippen LogP contribution in [0.1, 0.15) is 28.6 Å². The molecule has 0 fully saturated rings. The van der Waals surface area contributed by atoms with Crippen LogP contribution in [-0.2, 0) is 24.3 Å². The second-order valence-corrected chi connectivity index (χ2v) is 6.81. The van der Waals surface area contributed by atoms with Crippen LogP contribution in [0.3, 0.4) is 0 Å². The van der Waals surface area contributed by atoms with Crippen LogP contribution in [0, 0.1) is 6.92 Å². The van der Waals surface area contributed by atoms with Gasteiger partial charge in [-0.1, -0.05) is 0 Å². The lowest BCUT2D eigenvalue weighted by molar-refractivity contribution is -0.142. The van der Waals surface area contributed by atoms with Crippen molar-refractivity contribution < 1.29 is 27.5 Å². The minimum Gasteiger partial charge on any atom is -0.466 e. The van der Waals surface area contributed by atoms with Gasteiger partial charge in [0, 0.05) is 0 Å². The summed E-state index contributed by atoms with van der Waals surface area (Å²) in [5, 5.41) is 1.65. The van der Waals surface area contributed by atoms with E-state index in [1.54, 1.807) is 19.2 Å². The molecule has 0 saturated heterocycles. The van der Waals surface area contributed by atoms with Crippen molar-refractivity contribution in [2.45, 2.75) is 20.3 Å². The van der Waals surface area contributed by atoms with Crippen LogP contribution >= 0.6 is 11.3 Å². The quantitative estimate of drug-likeness (QED) is 0.759. The van der Waals surface area contributed by atoms with Gasteiger partial charge in [0.05, 0.1) is 31.6 Å². The molecule has 0 amide bonds. The number of carbonyl (C=O) groups is 2. The average molecular weight is 335 g/mol. The Balaban J connectivity index is 2.82. The monoisotopic (exact) mass is 335 g/mol. The maximum absolute atomic E-state index is 12.0. The Labute approximate surface area is 127 Å². The lowest BCUT2D eigenvalue weighted by atomic mass is 10.3. The molecule has 0 spiro atoms. The lowest BCUT2D eigenvalue weighted by Crippen LogP contribution is -2.21. The van der Waals surface area contributed by atoms with Gasteiger partial charge in [0.15, 0.2) is 0 Å². The van der Waals surface area contributed by atoms with E-state index in [-0.39, 0.29) is 23.6 Å². The van der Waals surface area contributed by atoms with Crippen LogP contribution < -0.4 is 4.72 Å². The number of ether oxygens (including phenoxy) is 2. The molecule has 1 heterocycles. The number of anilines is 1. The zero-order chi connectivity index (χ0) is 16.0. The van der Waals surface area contributed by atoms with Crippen LogP contribution in [0.5, 0.6) is 0 Å². The summed E-state index contributed by atoms with van der Waals surface area (Å²) in [5.41, 5.74) is 0.802. The van der Waals surface area contributed by atoms with E-state index >= 15 is 0 Å².